The Hall–Kier alpha value is -1.50. The van der Waals surface area contributed by atoms with Crippen LogP contribution in [0.5, 0.6) is 0 Å². The van der Waals surface area contributed by atoms with Crippen molar-refractivity contribution in [2.45, 2.75) is 25.0 Å². The summed E-state index contributed by atoms with van der Waals surface area (Å²) in [6, 6.07) is 3.68. The van der Waals surface area contributed by atoms with Gasteiger partial charge in [-0.25, -0.2) is 9.18 Å². The molecule has 0 aliphatic carbocycles. The van der Waals surface area contributed by atoms with Gasteiger partial charge in [0.2, 0.25) is 0 Å². The minimum Gasteiger partial charge on any atom is -0.478 e. The molecule has 1 aliphatic rings. The number of aliphatic hydroxyl groups is 1. The first-order chi connectivity index (χ1) is 9.50. The highest BCUT2D eigenvalue weighted by atomic mass is 19.1. The van der Waals surface area contributed by atoms with Crippen LogP contribution in [0.4, 0.5) is 4.39 Å². The lowest BCUT2D eigenvalue weighted by Crippen LogP contribution is -2.44. The lowest BCUT2D eigenvalue weighted by Gasteiger charge is -2.32. The van der Waals surface area contributed by atoms with Crippen molar-refractivity contribution in [1.29, 1.82) is 0 Å². The van der Waals surface area contributed by atoms with Gasteiger partial charge in [-0.1, -0.05) is 0 Å². The third-order valence-electron chi connectivity index (χ3n) is 3.49. The number of carboxylic acids is 1. The highest BCUT2D eigenvalue weighted by molar-refractivity contribution is 5.87. The highest BCUT2D eigenvalue weighted by Gasteiger charge is 2.29. The molecule has 2 rings (SSSR count). The van der Waals surface area contributed by atoms with Crippen molar-refractivity contribution in [1.82, 2.24) is 5.32 Å². The van der Waals surface area contributed by atoms with Crippen LogP contribution in [-0.4, -0.2) is 41.5 Å². The molecule has 0 aromatic heterocycles. The van der Waals surface area contributed by atoms with E-state index < -0.39 is 17.4 Å². The fourth-order valence-corrected chi connectivity index (χ4v) is 2.20. The van der Waals surface area contributed by atoms with E-state index in [0.717, 1.165) is 6.07 Å². The zero-order chi connectivity index (χ0) is 14.6. The number of hydrogen-bond donors (Lipinski definition) is 3. The smallest absolute Gasteiger partial charge is 0.335 e. The average Bonchev–Trinajstić information content (AvgIpc) is 2.41. The molecule has 20 heavy (non-hydrogen) atoms. The summed E-state index contributed by atoms with van der Waals surface area (Å²) >= 11 is 0. The van der Waals surface area contributed by atoms with Crippen LogP contribution < -0.4 is 5.32 Å². The maximum atomic E-state index is 13.6. The summed E-state index contributed by atoms with van der Waals surface area (Å²) < 4.78 is 18.8. The normalized spacial score (nSPS) is 17.9. The molecule has 0 spiro atoms. The van der Waals surface area contributed by atoms with Gasteiger partial charge in [-0.2, -0.15) is 0 Å². The molecule has 1 aromatic carbocycles. The Bertz CT molecular complexity index is 486. The molecular weight excluding hydrogens is 265 g/mol. The highest BCUT2D eigenvalue weighted by Crippen LogP contribution is 2.19. The summed E-state index contributed by atoms with van der Waals surface area (Å²) in [6.07, 6.45) is 1.08. The molecule has 0 atom stereocenters. The minimum atomic E-state index is -1.09. The maximum absolute atomic E-state index is 13.6. The molecule has 0 radical (unpaired) electrons. The van der Waals surface area contributed by atoms with Crippen LogP contribution in [0.2, 0.25) is 0 Å². The Kier molecular flexibility index (Phi) is 4.69. The van der Waals surface area contributed by atoms with Crippen LogP contribution in [0.15, 0.2) is 18.2 Å². The first kappa shape index (κ1) is 14.9. The summed E-state index contributed by atoms with van der Waals surface area (Å²) in [6.45, 7) is 1.53. The van der Waals surface area contributed by atoms with Gasteiger partial charge < -0.3 is 20.3 Å². The molecule has 6 heteroatoms. The van der Waals surface area contributed by atoms with Gasteiger partial charge in [-0.05, 0) is 18.2 Å². The van der Waals surface area contributed by atoms with E-state index in [0.29, 0.717) is 32.6 Å². The van der Waals surface area contributed by atoms with E-state index in [2.05, 4.69) is 5.32 Å². The lowest BCUT2D eigenvalue weighted by atomic mass is 9.94. The number of halogens is 1. The second-order valence-electron chi connectivity index (χ2n) is 5.05. The van der Waals surface area contributed by atoms with Gasteiger partial charge in [-0.15, -0.1) is 0 Å². The van der Waals surface area contributed by atoms with E-state index in [1.165, 1.54) is 12.1 Å². The standard InChI is InChI=1S/C14H18FNO4/c15-12-2-1-10(13(17)18)7-11(12)8-16-9-14(19)3-5-20-6-4-14/h1-2,7,16,19H,3-6,8-9H2,(H,17,18). The van der Waals surface area contributed by atoms with Crippen molar-refractivity contribution < 1.29 is 24.1 Å². The van der Waals surface area contributed by atoms with Gasteiger partial charge in [0.05, 0.1) is 11.2 Å². The van der Waals surface area contributed by atoms with Gasteiger partial charge in [0.1, 0.15) is 5.82 Å². The molecule has 0 bridgehead atoms. The van der Waals surface area contributed by atoms with E-state index >= 15 is 0 Å². The SMILES string of the molecule is O=C(O)c1ccc(F)c(CNCC2(O)CCOCC2)c1. The number of rotatable bonds is 5. The molecule has 1 heterocycles. The molecule has 110 valence electrons. The van der Waals surface area contributed by atoms with Crippen molar-refractivity contribution in [3.05, 3.63) is 35.1 Å². The molecule has 0 unspecified atom stereocenters. The van der Waals surface area contributed by atoms with E-state index in [9.17, 15) is 14.3 Å². The largest absolute Gasteiger partial charge is 0.478 e. The zero-order valence-corrected chi connectivity index (χ0v) is 11.1. The van der Waals surface area contributed by atoms with Gasteiger partial charge in [0.15, 0.2) is 0 Å². The summed E-state index contributed by atoms with van der Waals surface area (Å²) in [5.41, 5.74) is -0.507. The van der Waals surface area contributed by atoms with Gasteiger partial charge >= 0.3 is 5.97 Å². The van der Waals surface area contributed by atoms with Gasteiger partial charge in [0, 0.05) is 44.7 Å². The van der Waals surface area contributed by atoms with Crippen molar-refractivity contribution in [2.24, 2.45) is 0 Å². The Morgan fingerprint density at radius 2 is 2.10 bits per heavy atom. The molecular formula is C14H18FNO4. The minimum absolute atomic E-state index is 0.0491. The monoisotopic (exact) mass is 283 g/mol. The van der Waals surface area contributed by atoms with E-state index in [-0.39, 0.29) is 17.7 Å². The zero-order valence-electron chi connectivity index (χ0n) is 11.1. The van der Waals surface area contributed by atoms with E-state index in [4.69, 9.17) is 9.84 Å². The van der Waals surface area contributed by atoms with Crippen LogP contribution >= 0.6 is 0 Å². The number of carbonyl (C=O) groups is 1. The van der Waals surface area contributed by atoms with Crippen LogP contribution in [0.25, 0.3) is 0 Å². The molecule has 1 aliphatic heterocycles. The van der Waals surface area contributed by atoms with Crippen molar-refractivity contribution >= 4 is 5.97 Å². The topological polar surface area (TPSA) is 78.8 Å². The Labute approximate surface area is 116 Å². The van der Waals surface area contributed by atoms with Crippen LogP contribution in [-0.2, 0) is 11.3 Å². The fourth-order valence-electron chi connectivity index (χ4n) is 2.20. The van der Waals surface area contributed by atoms with Crippen LogP contribution in [0.3, 0.4) is 0 Å². The van der Waals surface area contributed by atoms with Crippen molar-refractivity contribution in [3.8, 4) is 0 Å². The number of carboxylic acid groups (broad SMARTS) is 1. The Morgan fingerprint density at radius 3 is 2.75 bits per heavy atom. The lowest BCUT2D eigenvalue weighted by molar-refractivity contribution is -0.0617. The molecule has 0 amide bonds. The second kappa shape index (κ2) is 6.30. The molecule has 3 N–H and O–H groups in total. The summed E-state index contributed by atoms with van der Waals surface area (Å²) in [5, 5.41) is 22.1. The predicted molar refractivity (Wildman–Crippen MR) is 70.1 cm³/mol. The van der Waals surface area contributed by atoms with Crippen molar-refractivity contribution in [3.63, 3.8) is 0 Å². The third kappa shape index (κ3) is 3.75. The van der Waals surface area contributed by atoms with Gasteiger partial charge in [-0.3, -0.25) is 0 Å². The molecule has 1 saturated heterocycles. The first-order valence-corrected chi connectivity index (χ1v) is 6.53. The Morgan fingerprint density at radius 1 is 1.40 bits per heavy atom. The van der Waals surface area contributed by atoms with E-state index in [1.807, 2.05) is 0 Å². The number of ether oxygens (including phenoxy) is 1. The molecule has 1 fully saturated rings. The number of nitrogens with one attached hydrogen (secondary N) is 1. The second-order valence-corrected chi connectivity index (χ2v) is 5.05. The predicted octanol–water partition coefficient (Wildman–Crippen LogP) is 1.16. The summed E-state index contributed by atoms with van der Waals surface area (Å²) in [5.74, 6) is -1.55. The van der Waals surface area contributed by atoms with Gasteiger partial charge in [0.25, 0.3) is 0 Å². The molecule has 1 aromatic rings. The quantitative estimate of drug-likeness (QED) is 0.755. The van der Waals surface area contributed by atoms with E-state index in [1.54, 1.807) is 0 Å². The molecule has 5 nitrogen and oxygen atoms in total. The Balaban J connectivity index is 1.93. The van der Waals surface area contributed by atoms with Crippen LogP contribution in [0, 0.1) is 5.82 Å². The van der Waals surface area contributed by atoms with Crippen LogP contribution in [0.1, 0.15) is 28.8 Å². The third-order valence-corrected chi connectivity index (χ3v) is 3.49. The maximum Gasteiger partial charge on any atom is 0.335 e. The van der Waals surface area contributed by atoms with Crippen molar-refractivity contribution in [2.75, 3.05) is 19.8 Å². The summed E-state index contributed by atoms with van der Waals surface area (Å²) in [4.78, 5) is 10.8. The summed E-state index contributed by atoms with van der Waals surface area (Å²) in [7, 11) is 0. The number of hydrogen-bond acceptors (Lipinski definition) is 4. The average molecular weight is 283 g/mol. The fraction of sp³-hybridized carbons (Fsp3) is 0.500. The molecule has 0 saturated carbocycles. The first-order valence-electron chi connectivity index (χ1n) is 6.53. The number of aromatic carboxylic acids is 1. The number of benzene rings is 1.